The highest BCUT2D eigenvalue weighted by molar-refractivity contribution is 5.20. The number of aromatic nitrogens is 2. The van der Waals surface area contributed by atoms with E-state index < -0.39 is 0 Å². The van der Waals surface area contributed by atoms with E-state index in [4.69, 9.17) is 5.73 Å². The highest BCUT2D eigenvalue weighted by atomic mass is 16.1. The summed E-state index contributed by atoms with van der Waals surface area (Å²) in [5.41, 5.74) is 6.53. The molecule has 0 spiro atoms. The van der Waals surface area contributed by atoms with Gasteiger partial charge in [-0.3, -0.25) is 4.79 Å². The van der Waals surface area contributed by atoms with Crippen LogP contribution < -0.4 is 11.3 Å². The Labute approximate surface area is 81.6 Å². The molecule has 0 bridgehead atoms. The zero-order valence-corrected chi connectivity index (χ0v) is 7.92. The summed E-state index contributed by atoms with van der Waals surface area (Å²) in [5.74, 6) is 1.20. The van der Waals surface area contributed by atoms with Crippen LogP contribution >= 0.6 is 0 Å². The molecule has 14 heavy (non-hydrogen) atoms. The molecule has 1 aromatic heterocycles. The minimum atomic E-state index is -0.329. The molecule has 0 saturated heterocycles. The van der Waals surface area contributed by atoms with Gasteiger partial charge in [0.1, 0.15) is 5.82 Å². The van der Waals surface area contributed by atoms with Crippen molar-refractivity contribution in [3.05, 3.63) is 27.9 Å². The molecule has 4 heteroatoms. The van der Waals surface area contributed by atoms with Crippen LogP contribution in [0.5, 0.6) is 0 Å². The Morgan fingerprint density at radius 1 is 1.50 bits per heavy atom. The Kier molecular flexibility index (Phi) is 1.43. The van der Waals surface area contributed by atoms with Crippen LogP contribution in [0.15, 0.2) is 10.9 Å². The quantitative estimate of drug-likeness (QED) is 0.718. The van der Waals surface area contributed by atoms with E-state index in [0.717, 1.165) is 31.4 Å². The van der Waals surface area contributed by atoms with Gasteiger partial charge in [0.15, 0.2) is 0 Å². The van der Waals surface area contributed by atoms with Gasteiger partial charge in [-0.1, -0.05) is 0 Å². The smallest absolute Gasteiger partial charge is 0.251 e. The van der Waals surface area contributed by atoms with Gasteiger partial charge in [0, 0.05) is 12.0 Å². The molecule has 0 radical (unpaired) electrons. The number of nitrogens with zero attached hydrogens (tertiary/aromatic N) is 1. The number of aromatic amines is 1. The average molecular weight is 191 g/mol. The van der Waals surface area contributed by atoms with E-state index in [1.54, 1.807) is 6.07 Å². The number of hydrogen-bond donors (Lipinski definition) is 2. The van der Waals surface area contributed by atoms with E-state index in [1.165, 1.54) is 0 Å². The van der Waals surface area contributed by atoms with Crippen molar-refractivity contribution in [2.45, 2.75) is 37.1 Å². The number of nitrogens with two attached hydrogens (primary N) is 1. The molecule has 0 atom stereocenters. The van der Waals surface area contributed by atoms with Gasteiger partial charge in [0.25, 0.3) is 5.56 Å². The molecule has 3 N–H and O–H groups in total. The predicted octanol–water partition coefficient (Wildman–Crippen LogP) is 0.595. The molecule has 2 saturated carbocycles. The zero-order chi connectivity index (χ0) is 9.76. The third kappa shape index (κ3) is 1.26. The summed E-state index contributed by atoms with van der Waals surface area (Å²) < 4.78 is 0. The van der Waals surface area contributed by atoms with Crippen molar-refractivity contribution in [2.75, 3.05) is 0 Å². The molecule has 4 nitrogen and oxygen atoms in total. The Bertz CT molecular complexity index is 429. The Balaban J connectivity index is 2.07. The molecular weight excluding hydrogens is 178 g/mol. The first-order chi connectivity index (χ1) is 6.67. The highest BCUT2D eigenvalue weighted by Crippen LogP contribution is 2.42. The number of hydrogen-bond acceptors (Lipinski definition) is 3. The molecule has 2 aliphatic carbocycles. The molecule has 0 amide bonds. The lowest BCUT2D eigenvalue weighted by molar-refractivity contribution is 0.658. The fourth-order valence-electron chi connectivity index (χ4n) is 1.67. The van der Waals surface area contributed by atoms with Gasteiger partial charge in [-0.05, 0) is 25.7 Å². The molecular formula is C10H13N3O. The van der Waals surface area contributed by atoms with Gasteiger partial charge < -0.3 is 10.7 Å². The van der Waals surface area contributed by atoms with Gasteiger partial charge in [-0.2, -0.15) is 0 Å². The van der Waals surface area contributed by atoms with E-state index in [-0.39, 0.29) is 11.1 Å². The maximum absolute atomic E-state index is 11.4. The lowest BCUT2D eigenvalue weighted by Gasteiger charge is -2.08. The van der Waals surface area contributed by atoms with Crippen LogP contribution in [0.4, 0.5) is 0 Å². The monoisotopic (exact) mass is 191 g/mol. The van der Waals surface area contributed by atoms with Crippen LogP contribution in [0.2, 0.25) is 0 Å². The van der Waals surface area contributed by atoms with E-state index in [9.17, 15) is 4.79 Å². The van der Waals surface area contributed by atoms with Gasteiger partial charge in [0.05, 0.1) is 11.2 Å². The van der Waals surface area contributed by atoms with Crippen molar-refractivity contribution >= 4 is 0 Å². The molecule has 0 aromatic carbocycles. The second-order valence-electron chi connectivity index (χ2n) is 4.45. The second-order valence-corrected chi connectivity index (χ2v) is 4.45. The largest absolute Gasteiger partial charge is 0.319 e. The number of rotatable bonds is 2. The second kappa shape index (κ2) is 2.45. The third-order valence-corrected chi connectivity index (χ3v) is 3.02. The number of H-pyrrole nitrogens is 1. The van der Waals surface area contributed by atoms with Crippen molar-refractivity contribution in [2.24, 2.45) is 5.73 Å². The topological polar surface area (TPSA) is 71.8 Å². The maximum Gasteiger partial charge on any atom is 0.251 e. The van der Waals surface area contributed by atoms with Gasteiger partial charge >= 0.3 is 0 Å². The first-order valence-corrected chi connectivity index (χ1v) is 5.08. The first-order valence-electron chi connectivity index (χ1n) is 5.08. The first kappa shape index (κ1) is 8.17. The zero-order valence-electron chi connectivity index (χ0n) is 7.92. The van der Waals surface area contributed by atoms with Crippen LogP contribution in [0.25, 0.3) is 0 Å². The third-order valence-electron chi connectivity index (χ3n) is 3.02. The van der Waals surface area contributed by atoms with Crippen LogP contribution in [0, 0.1) is 0 Å². The van der Waals surface area contributed by atoms with E-state index in [2.05, 4.69) is 9.97 Å². The molecule has 1 aromatic rings. The molecule has 2 fully saturated rings. The SMILES string of the molecule is NC1(c2nc(C3CC3)cc(=O)[nH]2)CC1. The minimum Gasteiger partial charge on any atom is -0.319 e. The van der Waals surface area contributed by atoms with Crippen molar-refractivity contribution < 1.29 is 0 Å². The lowest BCUT2D eigenvalue weighted by atomic mass is 10.2. The van der Waals surface area contributed by atoms with Crippen LogP contribution in [-0.4, -0.2) is 9.97 Å². The van der Waals surface area contributed by atoms with Crippen LogP contribution in [-0.2, 0) is 5.54 Å². The molecule has 2 aliphatic rings. The maximum atomic E-state index is 11.4. The van der Waals surface area contributed by atoms with Gasteiger partial charge in [-0.25, -0.2) is 4.98 Å². The fraction of sp³-hybridized carbons (Fsp3) is 0.600. The van der Waals surface area contributed by atoms with E-state index in [0.29, 0.717) is 11.7 Å². The van der Waals surface area contributed by atoms with Gasteiger partial charge in [0.2, 0.25) is 0 Å². The molecule has 3 rings (SSSR count). The summed E-state index contributed by atoms with van der Waals surface area (Å²) in [4.78, 5) is 18.6. The minimum absolute atomic E-state index is 0.0615. The highest BCUT2D eigenvalue weighted by Gasteiger charge is 2.43. The van der Waals surface area contributed by atoms with Crippen molar-refractivity contribution in [3.8, 4) is 0 Å². The van der Waals surface area contributed by atoms with Crippen molar-refractivity contribution in [3.63, 3.8) is 0 Å². The molecule has 1 heterocycles. The summed E-state index contributed by atoms with van der Waals surface area (Å²) in [5, 5.41) is 0. The summed E-state index contributed by atoms with van der Waals surface area (Å²) in [6.45, 7) is 0. The fourth-order valence-corrected chi connectivity index (χ4v) is 1.67. The van der Waals surface area contributed by atoms with E-state index in [1.807, 2.05) is 0 Å². The van der Waals surface area contributed by atoms with Crippen molar-refractivity contribution in [1.29, 1.82) is 0 Å². The molecule has 74 valence electrons. The number of nitrogens with one attached hydrogen (secondary N) is 1. The molecule has 0 unspecified atom stereocenters. The van der Waals surface area contributed by atoms with E-state index >= 15 is 0 Å². The Morgan fingerprint density at radius 3 is 2.79 bits per heavy atom. The summed E-state index contributed by atoms with van der Waals surface area (Å²) in [6.07, 6.45) is 4.19. The molecule has 0 aliphatic heterocycles. The lowest BCUT2D eigenvalue weighted by Crippen LogP contribution is -2.26. The summed E-state index contributed by atoms with van der Waals surface area (Å²) in [6, 6.07) is 1.60. The summed E-state index contributed by atoms with van der Waals surface area (Å²) >= 11 is 0. The standard InChI is InChI=1S/C10H13N3O/c11-10(3-4-10)9-12-7(6-1-2-6)5-8(14)13-9/h5-6H,1-4,11H2,(H,12,13,14). The predicted molar refractivity (Wildman–Crippen MR) is 51.9 cm³/mol. The average Bonchev–Trinajstić information content (AvgIpc) is 2.97. The van der Waals surface area contributed by atoms with Crippen molar-refractivity contribution in [1.82, 2.24) is 9.97 Å². The Morgan fingerprint density at radius 2 is 2.21 bits per heavy atom. The normalized spacial score (nSPS) is 23.5. The Hall–Kier alpha value is -1.16. The van der Waals surface area contributed by atoms with Crippen LogP contribution in [0.1, 0.15) is 43.1 Å². The summed E-state index contributed by atoms with van der Waals surface area (Å²) in [7, 11) is 0. The van der Waals surface area contributed by atoms with Gasteiger partial charge in [-0.15, -0.1) is 0 Å². The van der Waals surface area contributed by atoms with Crippen LogP contribution in [0.3, 0.4) is 0 Å².